The SMILES string of the molecule is C=CCNCc1nc(-c2ccc(C(C)C)cc2)no1. The molecule has 0 aliphatic rings. The molecule has 1 heterocycles. The van der Waals surface area contributed by atoms with Crippen LogP contribution >= 0.6 is 0 Å². The minimum atomic E-state index is 0.526. The van der Waals surface area contributed by atoms with Crippen molar-refractivity contribution in [1.29, 1.82) is 0 Å². The molecule has 0 fully saturated rings. The summed E-state index contributed by atoms with van der Waals surface area (Å²) in [5.74, 6) is 1.74. The minimum Gasteiger partial charge on any atom is -0.338 e. The van der Waals surface area contributed by atoms with Gasteiger partial charge in [0.25, 0.3) is 0 Å². The summed E-state index contributed by atoms with van der Waals surface area (Å²) in [4.78, 5) is 4.35. The van der Waals surface area contributed by atoms with Crippen molar-refractivity contribution in [2.24, 2.45) is 0 Å². The summed E-state index contributed by atoms with van der Waals surface area (Å²) in [6.45, 7) is 9.27. The Hall–Kier alpha value is -1.94. The van der Waals surface area contributed by atoms with E-state index in [1.165, 1.54) is 5.56 Å². The number of benzene rings is 1. The molecule has 0 bridgehead atoms. The first-order valence-electron chi connectivity index (χ1n) is 6.45. The molecule has 4 nitrogen and oxygen atoms in total. The van der Waals surface area contributed by atoms with Gasteiger partial charge in [-0.25, -0.2) is 0 Å². The zero-order chi connectivity index (χ0) is 13.7. The molecule has 1 aromatic carbocycles. The summed E-state index contributed by atoms with van der Waals surface area (Å²) in [7, 11) is 0. The van der Waals surface area contributed by atoms with Crippen LogP contribution < -0.4 is 5.32 Å². The Morgan fingerprint density at radius 1 is 1.32 bits per heavy atom. The van der Waals surface area contributed by atoms with Gasteiger partial charge in [0.05, 0.1) is 6.54 Å². The van der Waals surface area contributed by atoms with Crippen molar-refractivity contribution in [3.63, 3.8) is 0 Å². The molecule has 0 radical (unpaired) electrons. The Bertz CT molecular complexity index is 529. The van der Waals surface area contributed by atoms with Crippen LogP contribution in [0.2, 0.25) is 0 Å². The fourth-order valence-electron chi connectivity index (χ4n) is 1.74. The number of nitrogens with zero attached hydrogens (tertiary/aromatic N) is 2. The van der Waals surface area contributed by atoms with Gasteiger partial charge in [-0.2, -0.15) is 4.98 Å². The molecule has 0 unspecified atom stereocenters. The molecule has 0 aliphatic heterocycles. The van der Waals surface area contributed by atoms with E-state index in [1.807, 2.05) is 12.1 Å². The summed E-state index contributed by atoms with van der Waals surface area (Å²) < 4.78 is 5.19. The second-order valence-corrected chi connectivity index (χ2v) is 4.71. The predicted molar refractivity (Wildman–Crippen MR) is 75.7 cm³/mol. The highest BCUT2D eigenvalue weighted by molar-refractivity contribution is 5.54. The van der Waals surface area contributed by atoms with Gasteiger partial charge in [0.2, 0.25) is 11.7 Å². The summed E-state index contributed by atoms with van der Waals surface area (Å²) >= 11 is 0. The Morgan fingerprint density at radius 2 is 2.05 bits per heavy atom. The molecule has 0 saturated heterocycles. The Balaban J connectivity index is 2.07. The van der Waals surface area contributed by atoms with E-state index in [0.29, 0.717) is 24.2 Å². The van der Waals surface area contributed by atoms with Crippen molar-refractivity contribution in [3.05, 3.63) is 48.4 Å². The van der Waals surface area contributed by atoms with Crippen LogP contribution in [0.4, 0.5) is 0 Å². The quantitative estimate of drug-likeness (QED) is 0.638. The van der Waals surface area contributed by atoms with Gasteiger partial charge in [0, 0.05) is 12.1 Å². The zero-order valence-electron chi connectivity index (χ0n) is 11.4. The first-order valence-corrected chi connectivity index (χ1v) is 6.45. The van der Waals surface area contributed by atoms with Crippen molar-refractivity contribution in [1.82, 2.24) is 15.5 Å². The molecule has 0 saturated carbocycles. The highest BCUT2D eigenvalue weighted by atomic mass is 16.5. The Morgan fingerprint density at radius 3 is 2.68 bits per heavy atom. The molecule has 0 atom stereocenters. The second kappa shape index (κ2) is 6.29. The fourth-order valence-corrected chi connectivity index (χ4v) is 1.74. The number of rotatable bonds is 6. The molecule has 2 aromatic rings. The van der Waals surface area contributed by atoms with E-state index >= 15 is 0 Å². The van der Waals surface area contributed by atoms with Gasteiger partial charge in [-0.1, -0.05) is 49.3 Å². The molecule has 1 N–H and O–H groups in total. The van der Waals surface area contributed by atoms with Crippen LogP contribution in [0.1, 0.15) is 31.2 Å². The van der Waals surface area contributed by atoms with E-state index in [4.69, 9.17) is 4.52 Å². The molecule has 0 amide bonds. The molecular formula is C15H19N3O. The number of aromatic nitrogens is 2. The summed E-state index contributed by atoms with van der Waals surface area (Å²) in [5, 5.41) is 7.11. The smallest absolute Gasteiger partial charge is 0.240 e. The number of hydrogen-bond donors (Lipinski definition) is 1. The summed E-state index contributed by atoms with van der Waals surface area (Å²) in [6, 6.07) is 8.26. The lowest BCUT2D eigenvalue weighted by Crippen LogP contribution is -2.12. The third kappa shape index (κ3) is 3.51. The molecule has 4 heteroatoms. The third-order valence-electron chi connectivity index (χ3n) is 2.87. The van der Waals surface area contributed by atoms with Crippen LogP contribution in [0, 0.1) is 0 Å². The van der Waals surface area contributed by atoms with Crippen LogP contribution in [0.3, 0.4) is 0 Å². The van der Waals surface area contributed by atoms with Crippen LogP contribution in [0.5, 0.6) is 0 Å². The van der Waals surface area contributed by atoms with Gasteiger partial charge in [0.1, 0.15) is 0 Å². The predicted octanol–water partition coefficient (Wildman–Crippen LogP) is 3.14. The van der Waals surface area contributed by atoms with E-state index in [-0.39, 0.29) is 0 Å². The van der Waals surface area contributed by atoms with Gasteiger partial charge in [-0.15, -0.1) is 6.58 Å². The second-order valence-electron chi connectivity index (χ2n) is 4.71. The van der Waals surface area contributed by atoms with Crippen molar-refractivity contribution in [3.8, 4) is 11.4 Å². The minimum absolute atomic E-state index is 0.526. The lowest BCUT2D eigenvalue weighted by Gasteiger charge is -2.04. The van der Waals surface area contributed by atoms with Crippen LogP contribution in [-0.4, -0.2) is 16.7 Å². The average molecular weight is 257 g/mol. The van der Waals surface area contributed by atoms with E-state index < -0.39 is 0 Å². The largest absolute Gasteiger partial charge is 0.338 e. The maximum Gasteiger partial charge on any atom is 0.240 e. The average Bonchev–Trinajstić information content (AvgIpc) is 2.88. The monoisotopic (exact) mass is 257 g/mol. The molecular weight excluding hydrogens is 238 g/mol. The first kappa shape index (κ1) is 13.5. The lowest BCUT2D eigenvalue weighted by molar-refractivity contribution is 0.370. The van der Waals surface area contributed by atoms with Gasteiger partial charge in [0.15, 0.2) is 0 Å². The topological polar surface area (TPSA) is 51.0 Å². The van der Waals surface area contributed by atoms with Crippen LogP contribution in [0.25, 0.3) is 11.4 Å². The van der Waals surface area contributed by atoms with E-state index in [9.17, 15) is 0 Å². The van der Waals surface area contributed by atoms with Crippen LogP contribution in [-0.2, 0) is 6.54 Å². The lowest BCUT2D eigenvalue weighted by atomic mass is 10.0. The van der Waals surface area contributed by atoms with Crippen molar-refractivity contribution >= 4 is 0 Å². The normalized spacial score (nSPS) is 10.9. The van der Waals surface area contributed by atoms with E-state index in [1.54, 1.807) is 6.08 Å². The number of hydrogen-bond acceptors (Lipinski definition) is 4. The van der Waals surface area contributed by atoms with E-state index in [2.05, 4.69) is 48.0 Å². The highest BCUT2D eigenvalue weighted by Crippen LogP contribution is 2.20. The van der Waals surface area contributed by atoms with Crippen molar-refractivity contribution in [2.45, 2.75) is 26.3 Å². The fraction of sp³-hybridized carbons (Fsp3) is 0.333. The van der Waals surface area contributed by atoms with E-state index in [0.717, 1.165) is 12.1 Å². The molecule has 1 aromatic heterocycles. The standard InChI is InChI=1S/C15H19N3O/c1-4-9-16-10-14-17-15(18-19-14)13-7-5-12(6-8-13)11(2)3/h4-8,11,16H,1,9-10H2,2-3H3. The third-order valence-corrected chi connectivity index (χ3v) is 2.87. The van der Waals surface area contributed by atoms with Crippen LogP contribution in [0.15, 0.2) is 41.4 Å². The summed E-state index contributed by atoms with van der Waals surface area (Å²) in [6.07, 6.45) is 1.79. The summed E-state index contributed by atoms with van der Waals surface area (Å²) in [5.41, 5.74) is 2.28. The van der Waals surface area contributed by atoms with Gasteiger partial charge in [-0.05, 0) is 11.5 Å². The van der Waals surface area contributed by atoms with Gasteiger partial charge >= 0.3 is 0 Å². The maximum atomic E-state index is 5.19. The molecule has 0 aliphatic carbocycles. The Kier molecular flexibility index (Phi) is 4.47. The maximum absolute atomic E-state index is 5.19. The molecule has 0 spiro atoms. The molecule has 2 rings (SSSR count). The van der Waals surface area contributed by atoms with Crippen molar-refractivity contribution < 1.29 is 4.52 Å². The number of nitrogens with one attached hydrogen (secondary N) is 1. The first-order chi connectivity index (χ1) is 9.20. The zero-order valence-corrected chi connectivity index (χ0v) is 11.4. The Labute approximate surface area is 113 Å². The highest BCUT2D eigenvalue weighted by Gasteiger charge is 2.08. The van der Waals surface area contributed by atoms with Gasteiger partial charge < -0.3 is 9.84 Å². The molecule has 19 heavy (non-hydrogen) atoms. The van der Waals surface area contributed by atoms with Crippen molar-refractivity contribution in [2.75, 3.05) is 6.54 Å². The molecule has 100 valence electrons. The van der Waals surface area contributed by atoms with Gasteiger partial charge in [-0.3, -0.25) is 0 Å².